The van der Waals surface area contributed by atoms with Crippen molar-refractivity contribution in [2.45, 2.75) is 33.4 Å². The van der Waals surface area contributed by atoms with E-state index < -0.39 is 12.0 Å². The number of ether oxygens (including phenoxy) is 3. The predicted molar refractivity (Wildman–Crippen MR) is 160 cm³/mol. The molecule has 0 aliphatic carbocycles. The Morgan fingerprint density at radius 2 is 1.86 bits per heavy atom. The third-order valence-electron chi connectivity index (χ3n) is 6.92. The number of aryl methyl sites for hydroxylation is 1. The van der Waals surface area contributed by atoms with E-state index >= 15 is 0 Å². The number of hydrogen-bond donors (Lipinski definition) is 0. The zero-order valence-electron chi connectivity index (χ0n) is 23.7. The quantitative estimate of drug-likeness (QED) is 0.284. The molecule has 0 amide bonds. The van der Waals surface area contributed by atoms with Crippen molar-refractivity contribution >= 4 is 23.4 Å². The van der Waals surface area contributed by atoms with Crippen LogP contribution in [0.1, 0.15) is 47.7 Å². The SMILES string of the molecule is CCOC(=O)C1=C(C)N=c2s/c(=C/c3ccc(OCc4ccccc4C#N)c(OC)c3)c(=O)n2[C@@H]1c1ccc(C)cc1. The molecule has 2 heterocycles. The molecule has 0 radical (unpaired) electrons. The summed E-state index contributed by atoms with van der Waals surface area (Å²) >= 11 is 1.26. The molecule has 0 saturated heterocycles. The van der Waals surface area contributed by atoms with Gasteiger partial charge in [-0.25, -0.2) is 9.79 Å². The molecule has 0 N–H and O–H groups in total. The molecule has 0 unspecified atom stereocenters. The van der Waals surface area contributed by atoms with Gasteiger partial charge in [0, 0.05) is 5.56 Å². The highest BCUT2D eigenvalue weighted by atomic mass is 32.1. The van der Waals surface area contributed by atoms with Gasteiger partial charge >= 0.3 is 5.97 Å². The van der Waals surface area contributed by atoms with Crippen LogP contribution in [0.25, 0.3) is 6.08 Å². The third kappa shape index (κ3) is 5.62. The Morgan fingerprint density at radius 1 is 1.10 bits per heavy atom. The van der Waals surface area contributed by atoms with E-state index in [2.05, 4.69) is 11.1 Å². The van der Waals surface area contributed by atoms with Crippen LogP contribution in [0.5, 0.6) is 11.5 Å². The second-order valence-electron chi connectivity index (χ2n) is 9.68. The fraction of sp³-hybridized carbons (Fsp3) is 0.212. The minimum atomic E-state index is -0.662. The van der Waals surface area contributed by atoms with Crippen molar-refractivity contribution in [2.75, 3.05) is 13.7 Å². The lowest BCUT2D eigenvalue weighted by atomic mass is 9.95. The van der Waals surface area contributed by atoms with E-state index in [-0.39, 0.29) is 18.8 Å². The first-order valence-corrected chi connectivity index (χ1v) is 14.2. The van der Waals surface area contributed by atoms with Crippen molar-refractivity contribution in [1.82, 2.24) is 4.57 Å². The van der Waals surface area contributed by atoms with Crippen molar-refractivity contribution in [3.8, 4) is 17.6 Å². The van der Waals surface area contributed by atoms with Gasteiger partial charge in [0.05, 0.1) is 47.2 Å². The molecule has 212 valence electrons. The number of fused-ring (bicyclic) bond motifs is 1. The van der Waals surface area contributed by atoms with Crippen molar-refractivity contribution in [2.24, 2.45) is 4.99 Å². The van der Waals surface area contributed by atoms with E-state index in [0.717, 1.165) is 22.3 Å². The van der Waals surface area contributed by atoms with E-state index in [1.54, 1.807) is 49.8 Å². The highest BCUT2D eigenvalue weighted by Gasteiger charge is 2.33. The van der Waals surface area contributed by atoms with Crippen LogP contribution in [0.15, 0.2) is 87.8 Å². The normalized spacial score (nSPS) is 14.5. The summed E-state index contributed by atoms with van der Waals surface area (Å²) in [7, 11) is 1.55. The topological polar surface area (TPSA) is 103 Å². The minimum absolute atomic E-state index is 0.208. The van der Waals surface area contributed by atoms with E-state index in [4.69, 9.17) is 14.2 Å². The Morgan fingerprint density at radius 3 is 2.57 bits per heavy atom. The van der Waals surface area contributed by atoms with Crippen LogP contribution in [0.2, 0.25) is 0 Å². The summed E-state index contributed by atoms with van der Waals surface area (Å²) in [6.45, 7) is 5.92. The standard InChI is InChI=1S/C33H29N3O5S/c1-5-40-32(38)29-21(3)35-33-36(30(29)23-13-10-20(2)11-14-23)31(37)28(42-33)17-22-12-15-26(27(16-22)39-4)41-19-25-9-7-6-8-24(25)18-34/h6-17,30H,5,19H2,1-4H3/b28-17+/t30-/m1/s1. The highest BCUT2D eigenvalue weighted by Crippen LogP contribution is 2.31. The van der Waals surface area contributed by atoms with Crippen LogP contribution < -0.4 is 24.4 Å². The van der Waals surface area contributed by atoms with Crippen LogP contribution in [-0.2, 0) is 16.1 Å². The van der Waals surface area contributed by atoms with E-state index in [1.165, 1.54) is 11.3 Å². The van der Waals surface area contributed by atoms with Crippen LogP contribution in [0.4, 0.5) is 0 Å². The fourth-order valence-electron chi connectivity index (χ4n) is 4.81. The average Bonchev–Trinajstić information content (AvgIpc) is 3.30. The number of esters is 1. The van der Waals surface area contributed by atoms with Crippen LogP contribution in [-0.4, -0.2) is 24.3 Å². The predicted octanol–water partition coefficient (Wildman–Crippen LogP) is 4.57. The Balaban J connectivity index is 1.54. The number of thiazole rings is 1. The number of rotatable bonds is 8. The Kier molecular flexibility index (Phi) is 8.36. The van der Waals surface area contributed by atoms with Gasteiger partial charge in [0.2, 0.25) is 0 Å². The summed E-state index contributed by atoms with van der Waals surface area (Å²) < 4.78 is 18.9. The van der Waals surface area contributed by atoms with E-state index in [0.29, 0.717) is 37.7 Å². The largest absolute Gasteiger partial charge is 0.493 e. The lowest BCUT2D eigenvalue weighted by Gasteiger charge is -2.24. The number of nitrogens with zero attached hydrogens (tertiary/aromatic N) is 3. The molecule has 0 spiro atoms. The van der Waals surface area contributed by atoms with Crippen LogP contribution in [0.3, 0.4) is 0 Å². The number of nitriles is 1. The van der Waals surface area contributed by atoms with Gasteiger partial charge in [0.1, 0.15) is 6.61 Å². The van der Waals surface area contributed by atoms with E-state index in [9.17, 15) is 14.9 Å². The first kappa shape index (κ1) is 28.6. The molecule has 9 heteroatoms. The smallest absolute Gasteiger partial charge is 0.338 e. The molecule has 1 atom stereocenters. The molecule has 5 rings (SSSR count). The third-order valence-corrected chi connectivity index (χ3v) is 7.90. The molecule has 42 heavy (non-hydrogen) atoms. The molecule has 1 aliphatic heterocycles. The molecular weight excluding hydrogens is 550 g/mol. The highest BCUT2D eigenvalue weighted by molar-refractivity contribution is 7.07. The van der Waals surface area contributed by atoms with Gasteiger partial charge in [-0.1, -0.05) is 65.4 Å². The summed E-state index contributed by atoms with van der Waals surface area (Å²) in [6, 6.07) is 21.9. The second kappa shape index (κ2) is 12.3. The molecule has 1 aliphatic rings. The minimum Gasteiger partial charge on any atom is -0.493 e. The maximum atomic E-state index is 13.9. The maximum Gasteiger partial charge on any atom is 0.338 e. The van der Waals surface area contributed by atoms with Gasteiger partial charge in [-0.3, -0.25) is 9.36 Å². The van der Waals surface area contributed by atoms with Gasteiger partial charge in [0.15, 0.2) is 16.3 Å². The van der Waals surface area contributed by atoms with Gasteiger partial charge in [-0.15, -0.1) is 0 Å². The molecule has 0 fully saturated rings. The van der Waals surface area contributed by atoms with Crippen LogP contribution in [0, 0.1) is 18.3 Å². The number of carbonyl (C=O) groups excluding carboxylic acids is 1. The van der Waals surface area contributed by atoms with Gasteiger partial charge in [-0.05, 0) is 56.2 Å². The lowest BCUT2D eigenvalue weighted by molar-refractivity contribution is -0.139. The summed E-state index contributed by atoms with van der Waals surface area (Å²) in [5.41, 5.74) is 4.53. The van der Waals surface area contributed by atoms with Crippen LogP contribution >= 0.6 is 11.3 Å². The number of benzene rings is 3. The first-order valence-electron chi connectivity index (χ1n) is 13.4. The molecule has 0 bridgehead atoms. The van der Waals surface area contributed by atoms with Gasteiger partial charge in [0.25, 0.3) is 5.56 Å². The van der Waals surface area contributed by atoms with Gasteiger partial charge < -0.3 is 14.2 Å². The number of methoxy groups -OCH3 is 1. The fourth-order valence-corrected chi connectivity index (χ4v) is 5.86. The molecule has 8 nitrogen and oxygen atoms in total. The Labute approximate surface area is 247 Å². The number of allylic oxidation sites excluding steroid dienone is 1. The molecule has 0 saturated carbocycles. The summed E-state index contributed by atoms with van der Waals surface area (Å²) in [5, 5.41) is 9.36. The lowest BCUT2D eigenvalue weighted by Crippen LogP contribution is -2.39. The van der Waals surface area contributed by atoms with E-state index in [1.807, 2.05) is 55.5 Å². The average molecular weight is 580 g/mol. The monoisotopic (exact) mass is 579 g/mol. The van der Waals surface area contributed by atoms with Crippen molar-refractivity contribution in [3.05, 3.63) is 126 Å². The van der Waals surface area contributed by atoms with Crippen molar-refractivity contribution in [1.29, 1.82) is 5.26 Å². The van der Waals surface area contributed by atoms with Crippen molar-refractivity contribution in [3.63, 3.8) is 0 Å². The molecular formula is C33H29N3O5S. The summed E-state index contributed by atoms with van der Waals surface area (Å²) in [6.07, 6.45) is 1.77. The number of aromatic nitrogens is 1. The number of hydrogen-bond acceptors (Lipinski definition) is 8. The summed E-state index contributed by atoms with van der Waals surface area (Å²) in [4.78, 5) is 32.1. The number of carbonyl (C=O) groups is 1. The zero-order chi connectivity index (χ0) is 29.8. The summed E-state index contributed by atoms with van der Waals surface area (Å²) in [5.74, 6) is 0.512. The maximum absolute atomic E-state index is 13.9. The molecule has 1 aromatic heterocycles. The second-order valence-corrected chi connectivity index (χ2v) is 10.7. The van der Waals surface area contributed by atoms with Gasteiger partial charge in [-0.2, -0.15) is 5.26 Å². The Bertz CT molecular complexity index is 1910. The molecule has 4 aromatic rings. The molecule has 3 aromatic carbocycles. The van der Waals surface area contributed by atoms with Crippen molar-refractivity contribution < 1.29 is 19.0 Å². The Hall–Kier alpha value is -4.94. The first-order chi connectivity index (χ1) is 20.3. The zero-order valence-corrected chi connectivity index (χ0v) is 24.5.